The van der Waals surface area contributed by atoms with Gasteiger partial charge in [0.1, 0.15) is 11.4 Å². The van der Waals surface area contributed by atoms with Crippen molar-refractivity contribution in [2.75, 3.05) is 14.2 Å². The van der Waals surface area contributed by atoms with E-state index in [1.807, 2.05) is 56.3 Å². The largest absolute Gasteiger partial charge is 0.497 e. The summed E-state index contributed by atoms with van der Waals surface area (Å²) in [6, 6.07) is 18.6. The SMILES string of the molecule is CCC(=O)c1cc2nccc(-c3ccc(OC)cc3)n2n1.COC(=O)c1ccc(C)cc1. The lowest BCUT2D eigenvalue weighted by molar-refractivity contribution is 0.0600. The van der Waals surface area contributed by atoms with Crippen LogP contribution in [0.3, 0.4) is 0 Å². The molecule has 2 aromatic heterocycles. The second-order valence-corrected chi connectivity index (χ2v) is 6.99. The Morgan fingerprint density at radius 3 is 2.25 bits per heavy atom. The van der Waals surface area contributed by atoms with E-state index in [9.17, 15) is 9.59 Å². The summed E-state index contributed by atoms with van der Waals surface area (Å²) in [5.74, 6) is 0.526. The highest BCUT2D eigenvalue weighted by Crippen LogP contribution is 2.23. The monoisotopic (exact) mass is 431 g/mol. The molecule has 7 heteroatoms. The molecular formula is C25H25N3O4. The third kappa shape index (κ3) is 5.18. The highest BCUT2D eigenvalue weighted by Gasteiger charge is 2.12. The van der Waals surface area contributed by atoms with Gasteiger partial charge in [0.25, 0.3) is 0 Å². The topological polar surface area (TPSA) is 82.8 Å². The number of aryl methyl sites for hydroxylation is 1. The number of carbonyl (C=O) groups excluding carboxylic acids is 2. The maximum absolute atomic E-state index is 11.8. The summed E-state index contributed by atoms with van der Waals surface area (Å²) in [5, 5.41) is 4.38. The first kappa shape index (κ1) is 22.7. The number of hydrogen-bond donors (Lipinski definition) is 0. The number of hydrogen-bond acceptors (Lipinski definition) is 6. The number of carbonyl (C=O) groups is 2. The van der Waals surface area contributed by atoms with Crippen LogP contribution in [-0.4, -0.2) is 40.6 Å². The zero-order valence-corrected chi connectivity index (χ0v) is 18.5. The molecular weight excluding hydrogens is 406 g/mol. The maximum atomic E-state index is 11.8. The van der Waals surface area contributed by atoms with Crippen LogP contribution in [0.4, 0.5) is 0 Å². The molecule has 0 bridgehead atoms. The zero-order valence-electron chi connectivity index (χ0n) is 18.5. The van der Waals surface area contributed by atoms with Gasteiger partial charge in [-0.15, -0.1) is 0 Å². The first-order valence-corrected chi connectivity index (χ1v) is 10.1. The summed E-state index contributed by atoms with van der Waals surface area (Å²) >= 11 is 0. The van der Waals surface area contributed by atoms with Gasteiger partial charge in [0.15, 0.2) is 11.4 Å². The van der Waals surface area contributed by atoms with Gasteiger partial charge in [-0.3, -0.25) is 4.79 Å². The fraction of sp³-hybridized carbons (Fsp3) is 0.200. The van der Waals surface area contributed by atoms with Crippen molar-refractivity contribution in [3.05, 3.63) is 83.7 Å². The summed E-state index contributed by atoms with van der Waals surface area (Å²) in [5.41, 5.74) is 4.72. The van der Waals surface area contributed by atoms with Gasteiger partial charge in [0.2, 0.25) is 0 Å². The summed E-state index contributed by atoms with van der Waals surface area (Å²) in [6.07, 6.45) is 2.15. The van der Waals surface area contributed by atoms with Gasteiger partial charge >= 0.3 is 5.97 Å². The Bertz CT molecular complexity index is 1210. The van der Waals surface area contributed by atoms with E-state index >= 15 is 0 Å². The molecule has 4 aromatic rings. The average molecular weight is 431 g/mol. The standard InChI is InChI=1S/C16H15N3O2.C9H10O2/c1-3-15(20)13-10-16-17-9-8-14(19(16)18-13)11-4-6-12(21-2)7-5-11;1-7-3-5-8(6-4-7)9(10)11-2/h4-10H,3H2,1-2H3;3-6H,1-2H3. The molecule has 0 N–H and O–H groups in total. The minimum absolute atomic E-state index is 0.0150. The van der Waals surface area contributed by atoms with Crippen LogP contribution in [0.2, 0.25) is 0 Å². The lowest BCUT2D eigenvalue weighted by Gasteiger charge is -2.05. The molecule has 0 saturated carbocycles. The van der Waals surface area contributed by atoms with Crippen LogP contribution in [0.25, 0.3) is 16.9 Å². The number of esters is 1. The molecule has 0 aliphatic carbocycles. The third-order valence-corrected chi connectivity index (χ3v) is 4.82. The van der Waals surface area contributed by atoms with Crippen molar-refractivity contribution < 1.29 is 19.1 Å². The summed E-state index contributed by atoms with van der Waals surface area (Å²) in [6.45, 7) is 3.80. The van der Waals surface area contributed by atoms with Gasteiger partial charge < -0.3 is 9.47 Å². The number of benzene rings is 2. The molecule has 164 valence electrons. The summed E-state index contributed by atoms with van der Waals surface area (Å²) < 4.78 is 11.4. The average Bonchev–Trinajstić information content (AvgIpc) is 3.28. The second-order valence-electron chi connectivity index (χ2n) is 6.99. The molecule has 0 spiro atoms. The normalized spacial score (nSPS) is 10.2. The van der Waals surface area contributed by atoms with E-state index in [2.05, 4.69) is 14.8 Å². The molecule has 0 unspecified atom stereocenters. The Morgan fingerprint density at radius 2 is 1.66 bits per heavy atom. The van der Waals surface area contributed by atoms with Crippen LogP contribution in [0, 0.1) is 6.92 Å². The van der Waals surface area contributed by atoms with Crippen molar-refractivity contribution >= 4 is 17.4 Å². The fourth-order valence-corrected chi connectivity index (χ4v) is 3.00. The zero-order chi connectivity index (χ0) is 23.1. The molecule has 0 saturated heterocycles. The van der Waals surface area contributed by atoms with Crippen LogP contribution in [0.1, 0.15) is 39.8 Å². The van der Waals surface area contributed by atoms with Gasteiger partial charge in [-0.25, -0.2) is 14.3 Å². The number of ether oxygens (including phenoxy) is 2. The molecule has 0 amide bonds. The summed E-state index contributed by atoms with van der Waals surface area (Å²) in [4.78, 5) is 27.0. The predicted octanol–water partition coefficient (Wildman–Crippen LogP) is 4.78. The number of Topliss-reactive ketones (excluding diaryl/α,β-unsaturated/α-hetero) is 1. The highest BCUT2D eigenvalue weighted by molar-refractivity contribution is 5.95. The lowest BCUT2D eigenvalue weighted by atomic mass is 10.1. The Balaban J connectivity index is 0.000000222. The highest BCUT2D eigenvalue weighted by atomic mass is 16.5. The van der Waals surface area contributed by atoms with E-state index in [4.69, 9.17) is 4.74 Å². The number of rotatable bonds is 5. The number of ketones is 1. The van der Waals surface area contributed by atoms with Crippen LogP contribution in [-0.2, 0) is 4.74 Å². The number of aromatic nitrogens is 3. The lowest BCUT2D eigenvalue weighted by Crippen LogP contribution is -2.00. The van der Waals surface area contributed by atoms with Crippen molar-refractivity contribution in [3.63, 3.8) is 0 Å². The molecule has 0 atom stereocenters. The third-order valence-electron chi connectivity index (χ3n) is 4.82. The number of methoxy groups -OCH3 is 2. The van der Waals surface area contributed by atoms with Gasteiger partial charge in [-0.05, 0) is 49.4 Å². The van der Waals surface area contributed by atoms with Crippen molar-refractivity contribution in [1.29, 1.82) is 0 Å². The Morgan fingerprint density at radius 1 is 0.969 bits per heavy atom. The van der Waals surface area contributed by atoms with Gasteiger partial charge in [0.05, 0.1) is 25.5 Å². The molecule has 0 aliphatic heterocycles. The van der Waals surface area contributed by atoms with Crippen molar-refractivity contribution in [2.45, 2.75) is 20.3 Å². The Kier molecular flexibility index (Phi) is 7.33. The van der Waals surface area contributed by atoms with Crippen LogP contribution >= 0.6 is 0 Å². The molecule has 4 rings (SSSR count). The van der Waals surface area contributed by atoms with E-state index in [-0.39, 0.29) is 11.8 Å². The molecule has 2 heterocycles. The number of nitrogens with zero attached hydrogens (tertiary/aromatic N) is 3. The predicted molar refractivity (Wildman–Crippen MR) is 122 cm³/mol. The maximum Gasteiger partial charge on any atom is 0.337 e. The van der Waals surface area contributed by atoms with E-state index in [1.165, 1.54) is 7.11 Å². The van der Waals surface area contributed by atoms with Gasteiger partial charge in [0, 0.05) is 24.2 Å². The van der Waals surface area contributed by atoms with Crippen molar-refractivity contribution in [2.24, 2.45) is 0 Å². The Labute approximate surface area is 186 Å². The molecule has 0 radical (unpaired) electrons. The van der Waals surface area contributed by atoms with Crippen molar-refractivity contribution in [1.82, 2.24) is 14.6 Å². The van der Waals surface area contributed by atoms with Crippen molar-refractivity contribution in [3.8, 4) is 17.0 Å². The van der Waals surface area contributed by atoms with E-state index in [0.717, 1.165) is 22.6 Å². The van der Waals surface area contributed by atoms with E-state index < -0.39 is 0 Å². The molecule has 7 nitrogen and oxygen atoms in total. The second kappa shape index (κ2) is 10.3. The molecule has 32 heavy (non-hydrogen) atoms. The molecule has 2 aromatic carbocycles. The van der Waals surface area contributed by atoms with Crippen LogP contribution in [0.5, 0.6) is 5.75 Å². The van der Waals surface area contributed by atoms with Gasteiger partial charge in [-0.1, -0.05) is 24.6 Å². The van der Waals surface area contributed by atoms with Crippen LogP contribution < -0.4 is 4.74 Å². The molecule has 0 aliphatic rings. The summed E-state index contributed by atoms with van der Waals surface area (Å²) in [7, 11) is 3.01. The Hall–Kier alpha value is -4.00. The minimum atomic E-state index is -0.287. The fourth-order valence-electron chi connectivity index (χ4n) is 3.00. The van der Waals surface area contributed by atoms with Gasteiger partial charge in [-0.2, -0.15) is 5.10 Å². The minimum Gasteiger partial charge on any atom is -0.497 e. The number of fused-ring (bicyclic) bond motifs is 1. The quantitative estimate of drug-likeness (QED) is 0.334. The first-order valence-electron chi connectivity index (χ1n) is 10.1. The van der Waals surface area contributed by atoms with Crippen LogP contribution in [0.15, 0.2) is 66.9 Å². The van der Waals surface area contributed by atoms with E-state index in [0.29, 0.717) is 23.3 Å². The van der Waals surface area contributed by atoms with E-state index in [1.54, 1.807) is 36.0 Å². The first-order chi connectivity index (χ1) is 15.5. The molecule has 0 fully saturated rings. The smallest absolute Gasteiger partial charge is 0.337 e.